The Morgan fingerprint density at radius 2 is 1.97 bits per heavy atom. The zero-order chi connectivity index (χ0) is 24.4. The zero-order valence-corrected chi connectivity index (χ0v) is 19.5. The molecule has 0 fully saturated rings. The Morgan fingerprint density at radius 3 is 2.65 bits per heavy atom. The van der Waals surface area contributed by atoms with Crippen LogP contribution in [0.1, 0.15) is 37.0 Å². The summed E-state index contributed by atoms with van der Waals surface area (Å²) < 4.78 is 1.57. The Kier molecular flexibility index (Phi) is 6.31. The van der Waals surface area contributed by atoms with E-state index in [4.69, 9.17) is 17.3 Å². The molecule has 1 amide bonds. The van der Waals surface area contributed by atoms with Crippen LogP contribution >= 0.6 is 23.6 Å². The SMILES string of the molecule is Cc1ccnc(-n2c(=S)[nH]c3sc(C)c(C#CCNC(=O)c4ccc(C(=O)O)nn4)c3c2=O)c1. The topological polar surface area (TPSA) is 143 Å². The molecular weight excluding hydrogens is 476 g/mol. The van der Waals surface area contributed by atoms with Gasteiger partial charge in [0.1, 0.15) is 10.6 Å². The molecule has 0 saturated heterocycles. The van der Waals surface area contributed by atoms with Gasteiger partial charge in [-0.2, -0.15) is 0 Å². The molecule has 3 N–H and O–H groups in total. The molecule has 34 heavy (non-hydrogen) atoms. The van der Waals surface area contributed by atoms with Crippen LogP contribution in [0.2, 0.25) is 0 Å². The van der Waals surface area contributed by atoms with E-state index in [1.54, 1.807) is 12.3 Å². The predicted molar refractivity (Wildman–Crippen MR) is 128 cm³/mol. The number of fused-ring (bicyclic) bond motifs is 1. The summed E-state index contributed by atoms with van der Waals surface area (Å²) in [5.41, 5.74) is 0.846. The first kappa shape index (κ1) is 23.0. The average molecular weight is 493 g/mol. The number of nitrogens with one attached hydrogen (secondary N) is 2. The maximum Gasteiger partial charge on any atom is 0.356 e. The minimum Gasteiger partial charge on any atom is -0.476 e. The molecule has 4 rings (SSSR count). The first-order chi connectivity index (χ1) is 16.3. The van der Waals surface area contributed by atoms with Crippen LogP contribution in [-0.2, 0) is 0 Å². The van der Waals surface area contributed by atoms with Gasteiger partial charge in [0, 0.05) is 11.1 Å². The molecule has 0 unspecified atom stereocenters. The number of carbonyl (C=O) groups excluding carboxylic acids is 1. The van der Waals surface area contributed by atoms with Crippen molar-refractivity contribution in [3.05, 3.63) is 73.0 Å². The number of aryl methyl sites for hydroxylation is 2. The van der Waals surface area contributed by atoms with E-state index in [1.165, 1.54) is 28.0 Å². The average Bonchev–Trinajstić information content (AvgIpc) is 3.11. The minimum atomic E-state index is -1.23. The summed E-state index contributed by atoms with van der Waals surface area (Å²) in [5.74, 6) is 4.43. The van der Waals surface area contributed by atoms with Crippen molar-refractivity contribution in [2.45, 2.75) is 13.8 Å². The van der Waals surface area contributed by atoms with Gasteiger partial charge in [-0.25, -0.2) is 14.3 Å². The van der Waals surface area contributed by atoms with E-state index < -0.39 is 11.9 Å². The molecule has 0 aliphatic carbocycles. The lowest BCUT2D eigenvalue weighted by Crippen LogP contribution is -2.25. The molecule has 0 aromatic carbocycles. The van der Waals surface area contributed by atoms with Crippen molar-refractivity contribution in [1.82, 2.24) is 30.0 Å². The monoisotopic (exact) mass is 492 g/mol. The normalized spacial score (nSPS) is 10.5. The van der Waals surface area contributed by atoms with Crippen molar-refractivity contribution in [3.8, 4) is 17.7 Å². The molecule has 0 aliphatic heterocycles. The molecular formula is C22H16N6O4S2. The second-order valence-electron chi connectivity index (χ2n) is 7.09. The number of hydrogen-bond donors (Lipinski definition) is 3. The fourth-order valence-corrected chi connectivity index (χ4v) is 4.45. The van der Waals surface area contributed by atoms with Crippen LogP contribution < -0.4 is 10.9 Å². The standard InChI is InChI=1S/C22H16N6O4S2/c1-11-7-9-23-16(10-11)28-20(30)17-13(12(2)34-19(17)25-22(28)33)4-3-8-24-18(29)14-5-6-15(21(31)32)27-26-14/h5-7,9-10H,8H2,1-2H3,(H,24,29)(H,25,33)(H,31,32). The number of carboxylic acids is 1. The summed E-state index contributed by atoms with van der Waals surface area (Å²) in [6, 6.07) is 6.04. The van der Waals surface area contributed by atoms with E-state index in [2.05, 4.69) is 37.3 Å². The maximum absolute atomic E-state index is 13.3. The van der Waals surface area contributed by atoms with Gasteiger partial charge in [0.2, 0.25) is 0 Å². The number of rotatable bonds is 4. The Morgan fingerprint density at radius 1 is 1.24 bits per heavy atom. The van der Waals surface area contributed by atoms with Crippen molar-refractivity contribution in [2.75, 3.05) is 6.54 Å². The minimum absolute atomic E-state index is 0.0194. The smallest absolute Gasteiger partial charge is 0.356 e. The van der Waals surface area contributed by atoms with Gasteiger partial charge in [0.15, 0.2) is 16.2 Å². The first-order valence-electron chi connectivity index (χ1n) is 9.82. The van der Waals surface area contributed by atoms with E-state index >= 15 is 0 Å². The van der Waals surface area contributed by atoms with Crippen molar-refractivity contribution < 1.29 is 14.7 Å². The molecule has 0 spiro atoms. The van der Waals surface area contributed by atoms with Crippen molar-refractivity contribution in [1.29, 1.82) is 0 Å². The van der Waals surface area contributed by atoms with Gasteiger partial charge in [-0.15, -0.1) is 21.5 Å². The highest BCUT2D eigenvalue weighted by Crippen LogP contribution is 2.26. The number of aromatic nitrogens is 5. The fourth-order valence-electron chi connectivity index (χ4n) is 3.11. The van der Waals surface area contributed by atoms with Crippen LogP contribution in [0.25, 0.3) is 16.0 Å². The highest BCUT2D eigenvalue weighted by molar-refractivity contribution is 7.71. The molecule has 4 aromatic heterocycles. The quantitative estimate of drug-likeness (QED) is 0.291. The number of thiophene rings is 1. The number of aromatic carboxylic acids is 1. The van der Waals surface area contributed by atoms with Crippen LogP contribution in [0.15, 0.2) is 35.3 Å². The fraction of sp³-hybridized carbons (Fsp3) is 0.136. The lowest BCUT2D eigenvalue weighted by atomic mass is 10.2. The number of aromatic amines is 1. The molecule has 170 valence electrons. The lowest BCUT2D eigenvalue weighted by molar-refractivity contribution is 0.0688. The van der Waals surface area contributed by atoms with Crippen LogP contribution in [-0.4, -0.2) is 48.3 Å². The molecule has 4 heterocycles. The van der Waals surface area contributed by atoms with Crippen molar-refractivity contribution >= 4 is 45.6 Å². The number of carbonyl (C=O) groups is 2. The number of hydrogen-bond acceptors (Lipinski definition) is 8. The highest BCUT2D eigenvalue weighted by atomic mass is 32.1. The number of carboxylic acid groups (broad SMARTS) is 1. The van der Waals surface area contributed by atoms with E-state index in [9.17, 15) is 14.4 Å². The summed E-state index contributed by atoms with van der Waals surface area (Å²) in [5, 5.41) is 18.9. The summed E-state index contributed by atoms with van der Waals surface area (Å²) >= 11 is 6.76. The first-order valence-corrected chi connectivity index (χ1v) is 11.0. The van der Waals surface area contributed by atoms with E-state index in [-0.39, 0.29) is 28.3 Å². The van der Waals surface area contributed by atoms with Gasteiger partial charge < -0.3 is 15.4 Å². The van der Waals surface area contributed by atoms with Crippen LogP contribution in [0, 0.1) is 30.5 Å². The number of amides is 1. The third-order valence-corrected chi connectivity index (χ3v) is 6.03. The number of pyridine rings is 1. The lowest BCUT2D eigenvalue weighted by Gasteiger charge is -2.06. The van der Waals surface area contributed by atoms with Crippen molar-refractivity contribution in [2.24, 2.45) is 0 Å². The molecule has 4 aromatic rings. The molecule has 0 radical (unpaired) electrons. The van der Waals surface area contributed by atoms with Crippen LogP contribution in [0.4, 0.5) is 0 Å². The van der Waals surface area contributed by atoms with Gasteiger partial charge >= 0.3 is 5.97 Å². The second-order valence-corrected chi connectivity index (χ2v) is 8.70. The molecule has 0 saturated carbocycles. The van der Waals surface area contributed by atoms with Gasteiger partial charge in [0.05, 0.1) is 17.5 Å². The third-order valence-electron chi connectivity index (χ3n) is 4.72. The van der Waals surface area contributed by atoms with Crippen molar-refractivity contribution in [3.63, 3.8) is 0 Å². The maximum atomic E-state index is 13.3. The molecule has 0 atom stereocenters. The van der Waals surface area contributed by atoms with E-state index in [0.717, 1.165) is 10.4 Å². The second kappa shape index (κ2) is 9.34. The van der Waals surface area contributed by atoms with Gasteiger partial charge in [0.25, 0.3) is 11.5 Å². The van der Waals surface area contributed by atoms with E-state index in [1.807, 2.05) is 19.9 Å². The summed E-state index contributed by atoms with van der Waals surface area (Å²) in [6.07, 6.45) is 1.61. The van der Waals surface area contributed by atoms with Gasteiger partial charge in [-0.05, 0) is 55.9 Å². The zero-order valence-electron chi connectivity index (χ0n) is 17.9. The van der Waals surface area contributed by atoms with Crippen LogP contribution in [0.5, 0.6) is 0 Å². The summed E-state index contributed by atoms with van der Waals surface area (Å²) in [4.78, 5) is 45.1. The number of H-pyrrole nitrogens is 1. The Bertz CT molecular complexity index is 1620. The van der Waals surface area contributed by atoms with Gasteiger partial charge in [-0.1, -0.05) is 11.8 Å². The highest BCUT2D eigenvalue weighted by Gasteiger charge is 2.16. The van der Waals surface area contributed by atoms with E-state index in [0.29, 0.717) is 21.6 Å². The molecule has 0 aliphatic rings. The third kappa shape index (κ3) is 4.47. The molecule has 12 heteroatoms. The van der Waals surface area contributed by atoms with Gasteiger partial charge in [-0.3, -0.25) is 9.59 Å². The number of nitrogens with zero attached hydrogens (tertiary/aromatic N) is 4. The molecule has 0 bridgehead atoms. The Labute approximate surface area is 201 Å². The van der Waals surface area contributed by atoms with Crippen LogP contribution in [0.3, 0.4) is 0 Å². The molecule has 10 nitrogen and oxygen atoms in total. The summed E-state index contributed by atoms with van der Waals surface area (Å²) in [7, 11) is 0. The largest absolute Gasteiger partial charge is 0.476 e. The summed E-state index contributed by atoms with van der Waals surface area (Å²) in [6.45, 7) is 3.72. The Balaban J connectivity index is 1.62. The Hall–Kier alpha value is -4.21. The predicted octanol–water partition coefficient (Wildman–Crippen LogP) is 2.39.